The van der Waals surface area contributed by atoms with Crippen molar-refractivity contribution in [2.24, 2.45) is 0 Å². The van der Waals surface area contributed by atoms with Crippen LogP contribution in [0.4, 0.5) is 0 Å². The van der Waals surface area contributed by atoms with Crippen LogP contribution in [0.1, 0.15) is 33.6 Å². The van der Waals surface area contributed by atoms with Crippen molar-refractivity contribution < 1.29 is 14.3 Å². The number of ether oxygens (including phenoxy) is 1. The van der Waals surface area contributed by atoms with Crippen LogP contribution < -0.4 is 0 Å². The number of ketones is 2. The van der Waals surface area contributed by atoms with Gasteiger partial charge in [0.25, 0.3) is 0 Å². The van der Waals surface area contributed by atoms with Crippen molar-refractivity contribution in [1.82, 2.24) is 4.90 Å². The molecule has 2 aliphatic rings. The molecule has 3 rings (SSSR count). The molecular weight excluding hydrogens is 266 g/mol. The second-order valence-corrected chi connectivity index (χ2v) is 5.50. The van der Waals surface area contributed by atoms with E-state index in [1.165, 1.54) is 0 Å². The van der Waals surface area contributed by atoms with Gasteiger partial charge < -0.3 is 9.64 Å². The van der Waals surface area contributed by atoms with Crippen LogP contribution in [0.5, 0.6) is 0 Å². The van der Waals surface area contributed by atoms with Crippen LogP contribution >= 0.6 is 0 Å². The molecule has 21 heavy (non-hydrogen) atoms. The van der Waals surface area contributed by atoms with E-state index in [0.717, 1.165) is 30.8 Å². The molecule has 0 saturated heterocycles. The molecule has 0 amide bonds. The van der Waals surface area contributed by atoms with Gasteiger partial charge in [-0.3, -0.25) is 9.59 Å². The van der Waals surface area contributed by atoms with Crippen LogP contribution in [0.15, 0.2) is 35.4 Å². The lowest BCUT2D eigenvalue weighted by molar-refractivity contribution is 0.0970. The van der Waals surface area contributed by atoms with E-state index in [1.807, 2.05) is 12.1 Å². The van der Waals surface area contributed by atoms with Crippen LogP contribution in [0.2, 0.25) is 0 Å². The lowest BCUT2D eigenvalue weighted by Crippen LogP contribution is -2.28. The van der Waals surface area contributed by atoms with E-state index >= 15 is 0 Å². The number of rotatable bonds is 3. The Balaban J connectivity index is 1.87. The summed E-state index contributed by atoms with van der Waals surface area (Å²) in [5.74, 6) is 0.0718. The quantitative estimate of drug-likeness (QED) is 0.853. The highest BCUT2D eigenvalue weighted by Crippen LogP contribution is 2.31. The molecule has 1 heterocycles. The van der Waals surface area contributed by atoms with Gasteiger partial charge in [-0.05, 0) is 12.8 Å². The predicted molar refractivity (Wildman–Crippen MR) is 79.7 cm³/mol. The summed E-state index contributed by atoms with van der Waals surface area (Å²) in [5, 5.41) is 0. The molecule has 0 bridgehead atoms. The maximum absolute atomic E-state index is 12.6. The van der Waals surface area contributed by atoms with Crippen LogP contribution in [0, 0.1) is 0 Å². The Hall–Kier alpha value is -1.78. The number of benzene rings is 1. The van der Waals surface area contributed by atoms with E-state index < -0.39 is 0 Å². The Morgan fingerprint density at radius 2 is 1.52 bits per heavy atom. The average Bonchev–Trinajstić information content (AvgIpc) is 2.73. The van der Waals surface area contributed by atoms with E-state index in [1.54, 1.807) is 19.2 Å². The SMILES string of the molecule is COCCN1CCC2=C(CC1)C(=O)c1ccccc1C2=O. The summed E-state index contributed by atoms with van der Waals surface area (Å²) in [6, 6.07) is 7.15. The van der Waals surface area contributed by atoms with Gasteiger partial charge in [0.1, 0.15) is 0 Å². The topological polar surface area (TPSA) is 46.6 Å². The van der Waals surface area contributed by atoms with Crippen molar-refractivity contribution in [3.8, 4) is 0 Å². The summed E-state index contributed by atoms with van der Waals surface area (Å²) in [6.07, 6.45) is 1.30. The van der Waals surface area contributed by atoms with Crippen LogP contribution in [0.3, 0.4) is 0 Å². The van der Waals surface area contributed by atoms with Crippen LogP contribution in [0.25, 0.3) is 0 Å². The van der Waals surface area contributed by atoms with Crippen LogP contribution in [-0.2, 0) is 4.74 Å². The predicted octanol–water partition coefficient (Wildman–Crippen LogP) is 2.10. The number of carbonyl (C=O) groups is 2. The summed E-state index contributed by atoms with van der Waals surface area (Å²) in [7, 11) is 1.69. The third-order valence-corrected chi connectivity index (χ3v) is 4.30. The van der Waals surface area contributed by atoms with E-state index in [4.69, 9.17) is 4.74 Å². The molecule has 0 fully saturated rings. The molecule has 4 heteroatoms. The minimum Gasteiger partial charge on any atom is -0.383 e. The van der Waals surface area contributed by atoms with Gasteiger partial charge in [-0.1, -0.05) is 24.3 Å². The fraction of sp³-hybridized carbons (Fsp3) is 0.412. The van der Waals surface area contributed by atoms with Gasteiger partial charge in [0, 0.05) is 49.0 Å². The normalized spacial score (nSPS) is 19.3. The van der Waals surface area contributed by atoms with Gasteiger partial charge in [0.05, 0.1) is 6.61 Å². The molecule has 4 nitrogen and oxygen atoms in total. The standard InChI is InChI=1S/C17H19NO3/c1-21-11-10-18-8-6-14-15(7-9-18)17(20)13-5-3-2-4-12(13)16(14)19/h2-5H,6-11H2,1H3. The Morgan fingerprint density at radius 1 is 1.00 bits per heavy atom. The zero-order valence-corrected chi connectivity index (χ0v) is 12.2. The van der Waals surface area contributed by atoms with Crippen LogP contribution in [-0.4, -0.2) is 49.8 Å². The third kappa shape index (κ3) is 2.57. The van der Waals surface area contributed by atoms with Crippen molar-refractivity contribution >= 4 is 11.6 Å². The maximum atomic E-state index is 12.6. The number of nitrogens with zero attached hydrogens (tertiary/aromatic N) is 1. The van der Waals surface area contributed by atoms with Gasteiger partial charge >= 0.3 is 0 Å². The molecule has 1 aliphatic heterocycles. The fourth-order valence-electron chi connectivity index (χ4n) is 3.10. The zero-order chi connectivity index (χ0) is 14.8. The number of methoxy groups -OCH3 is 1. The molecule has 1 aromatic rings. The first-order valence-electron chi connectivity index (χ1n) is 7.34. The van der Waals surface area contributed by atoms with Gasteiger partial charge in [0.15, 0.2) is 11.6 Å². The van der Waals surface area contributed by atoms with Gasteiger partial charge in [-0.25, -0.2) is 0 Å². The summed E-state index contributed by atoms with van der Waals surface area (Å²) >= 11 is 0. The van der Waals surface area contributed by atoms with E-state index in [0.29, 0.717) is 30.6 Å². The molecule has 0 spiro atoms. The van der Waals surface area contributed by atoms with E-state index in [9.17, 15) is 9.59 Å². The molecule has 1 aromatic carbocycles. The number of fused-ring (bicyclic) bond motifs is 1. The Labute approximate surface area is 124 Å². The summed E-state index contributed by atoms with van der Waals surface area (Å²) in [6.45, 7) is 3.13. The molecule has 0 N–H and O–H groups in total. The molecule has 0 aromatic heterocycles. The van der Waals surface area contributed by atoms with Crippen molar-refractivity contribution in [3.63, 3.8) is 0 Å². The molecule has 110 valence electrons. The van der Waals surface area contributed by atoms with Gasteiger partial charge in [0.2, 0.25) is 0 Å². The van der Waals surface area contributed by atoms with Crippen molar-refractivity contribution in [3.05, 3.63) is 46.5 Å². The molecule has 1 aliphatic carbocycles. The highest BCUT2D eigenvalue weighted by molar-refractivity contribution is 6.26. The van der Waals surface area contributed by atoms with Crippen molar-refractivity contribution in [1.29, 1.82) is 0 Å². The average molecular weight is 285 g/mol. The molecule has 0 radical (unpaired) electrons. The van der Waals surface area contributed by atoms with E-state index in [-0.39, 0.29) is 11.6 Å². The lowest BCUT2D eigenvalue weighted by atomic mass is 9.82. The largest absolute Gasteiger partial charge is 0.383 e. The number of hydrogen-bond donors (Lipinski definition) is 0. The maximum Gasteiger partial charge on any atom is 0.190 e. The monoisotopic (exact) mass is 285 g/mol. The number of carbonyl (C=O) groups excluding carboxylic acids is 2. The Bertz CT molecular complexity index is 569. The minimum absolute atomic E-state index is 0.0359. The second kappa shape index (κ2) is 5.92. The fourth-order valence-corrected chi connectivity index (χ4v) is 3.10. The first-order valence-corrected chi connectivity index (χ1v) is 7.34. The Morgan fingerprint density at radius 3 is 2.00 bits per heavy atom. The highest BCUT2D eigenvalue weighted by atomic mass is 16.5. The second-order valence-electron chi connectivity index (χ2n) is 5.50. The van der Waals surface area contributed by atoms with Gasteiger partial charge in [-0.15, -0.1) is 0 Å². The Kier molecular flexibility index (Phi) is 3.99. The number of Topliss-reactive ketones (excluding diaryl/α,β-unsaturated/α-hetero) is 2. The molecule has 0 unspecified atom stereocenters. The lowest BCUT2D eigenvalue weighted by Gasteiger charge is -2.19. The molecular formula is C17H19NO3. The molecule has 0 atom stereocenters. The number of hydrogen-bond acceptors (Lipinski definition) is 4. The molecule has 0 saturated carbocycles. The first-order chi connectivity index (χ1) is 10.2. The smallest absolute Gasteiger partial charge is 0.190 e. The van der Waals surface area contributed by atoms with Crippen molar-refractivity contribution in [2.45, 2.75) is 12.8 Å². The van der Waals surface area contributed by atoms with Crippen molar-refractivity contribution in [2.75, 3.05) is 33.4 Å². The summed E-state index contributed by atoms with van der Waals surface area (Å²) in [5.41, 5.74) is 2.57. The van der Waals surface area contributed by atoms with E-state index in [2.05, 4.69) is 4.90 Å². The summed E-state index contributed by atoms with van der Waals surface area (Å²) in [4.78, 5) is 27.5. The summed E-state index contributed by atoms with van der Waals surface area (Å²) < 4.78 is 5.11. The first kappa shape index (κ1) is 14.2. The zero-order valence-electron chi connectivity index (χ0n) is 12.2. The highest BCUT2D eigenvalue weighted by Gasteiger charge is 2.33. The minimum atomic E-state index is 0.0359. The third-order valence-electron chi connectivity index (χ3n) is 4.30. The van der Waals surface area contributed by atoms with Gasteiger partial charge in [-0.2, -0.15) is 0 Å².